The fraction of sp³-hybridized carbons (Fsp3) is 0.304. The molecule has 0 aliphatic carbocycles. The number of nitrogens with one attached hydrogen (secondary N) is 2. The molecular weight excluding hydrogens is 953 g/mol. The van der Waals surface area contributed by atoms with Gasteiger partial charge in [0.2, 0.25) is 11.8 Å². The predicted molar refractivity (Wildman–Crippen MR) is 247 cm³/mol. The Bertz CT molecular complexity index is 2830. The molecule has 8 N–H and O–H groups in total. The van der Waals surface area contributed by atoms with Gasteiger partial charge >= 0.3 is 36.1 Å². The van der Waals surface area contributed by atoms with Gasteiger partial charge in [-0.25, -0.2) is 9.59 Å². The van der Waals surface area contributed by atoms with Gasteiger partial charge in [-0.1, -0.05) is 24.3 Å². The van der Waals surface area contributed by atoms with Crippen molar-refractivity contribution < 1.29 is 88.2 Å². The van der Waals surface area contributed by atoms with Crippen LogP contribution in [0, 0.1) is 0 Å². The van der Waals surface area contributed by atoms with E-state index in [0.717, 1.165) is 19.6 Å². The lowest BCUT2D eigenvalue weighted by atomic mass is 9.82. The van der Waals surface area contributed by atoms with E-state index in [9.17, 15) is 78.0 Å². The summed E-state index contributed by atoms with van der Waals surface area (Å²) >= 11 is 0. The summed E-state index contributed by atoms with van der Waals surface area (Å²) in [6.07, 6.45) is -3.11. The largest absolute Gasteiger partial charge is 0.480 e. The first-order chi connectivity index (χ1) is 34.2. The molecule has 0 bridgehead atoms. The van der Waals surface area contributed by atoms with Crippen molar-refractivity contribution in [3.63, 3.8) is 0 Å². The highest BCUT2D eigenvalue weighted by molar-refractivity contribution is 6.41. The number of aliphatic carboxylic acids is 4. The predicted octanol–water partition coefficient (Wildman–Crippen LogP) is 0.0640. The molecule has 72 heavy (non-hydrogen) atoms. The third-order valence-electron chi connectivity index (χ3n) is 12.1. The number of hydrogen-bond donors (Lipinski definition) is 8. The van der Waals surface area contributed by atoms with Crippen LogP contribution in [0.15, 0.2) is 48.5 Å². The van der Waals surface area contributed by atoms with Gasteiger partial charge in [0.05, 0.1) is 26.2 Å². The maximum atomic E-state index is 14.0. The first kappa shape index (κ1) is 50.8. The van der Waals surface area contributed by atoms with Crippen LogP contribution in [0.25, 0.3) is 43.1 Å². The number of imide groups is 2. The molecule has 0 atom stereocenters. The van der Waals surface area contributed by atoms with Crippen molar-refractivity contribution >= 4 is 115 Å². The Morgan fingerprint density at radius 2 is 0.681 bits per heavy atom. The van der Waals surface area contributed by atoms with E-state index in [1.807, 2.05) is 0 Å². The second kappa shape index (κ2) is 20.9. The lowest BCUT2D eigenvalue weighted by Gasteiger charge is -2.30. The highest BCUT2D eigenvalue weighted by atomic mass is 16.4. The zero-order chi connectivity index (χ0) is 52.3. The van der Waals surface area contributed by atoms with E-state index in [1.54, 1.807) is 48.5 Å². The topological polar surface area (TPSA) is 370 Å². The normalized spacial score (nSPS) is 13.2. The number of carboxylic acids is 4. The first-order valence-corrected chi connectivity index (χ1v) is 21.9. The third-order valence-corrected chi connectivity index (χ3v) is 12.1. The molecule has 5 aromatic rings. The summed E-state index contributed by atoms with van der Waals surface area (Å²) in [7, 11) is 0. The monoisotopic (exact) mass is 996 g/mol. The lowest BCUT2D eigenvalue weighted by molar-refractivity contribution is -0.140. The van der Waals surface area contributed by atoms with Gasteiger partial charge in [-0.2, -0.15) is 0 Å². The van der Waals surface area contributed by atoms with Crippen molar-refractivity contribution in [2.45, 2.75) is 0 Å². The van der Waals surface area contributed by atoms with Crippen LogP contribution in [0.1, 0.15) is 41.4 Å². The third kappa shape index (κ3) is 10.4. The van der Waals surface area contributed by atoms with Gasteiger partial charge in [-0.3, -0.25) is 77.3 Å². The van der Waals surface area contributed by atoms with Gasteiger partial charge in [0.15, 0.2) is 0 Å². The first-order valence-electron chi connectivity index (χ1n) is 21.9. The summed E-state index contributed by atoms with van der Waals surface area (Å²) in [6.45, 7) is -6.59. The van der Waals surface area contributed by atoms with Gasteiger partial charge in [0.1, 0.15) is 13.1 Å². The van der Waals surface area contributed by atoms with Crippen LogP contribution in [-0.2, 0) is 28.8 Å². The number of carbonyl (C=O) groups is 12. The quantitative estimate of drug-likeness (QED) is 0.0230. The number of hydrogen-bond acceptors (Lipinski definition) is 14. The smallest absolute Gasteiger partial charge is 0.407 e. The van der Waals surface area contributed by atoms with Crippen LogP contribution in [0.3, 0.4) is 0 Å². The summed E-state index contributed by atoms with van der Waals surface area (Å²) < 4.78 is 0. The minimum Gasteiger partial charge on any atom is -0.480 e. The fourth-order valence-corrected chi connectivity index (χ4v) is 9.05. The van der Waals surface area contributed by atoms with Gasteiger partial charge < -0.3 is 41.3 Å². The SMILES string of the molecule is O=C(O)CN(CCN(CC(=O)O)C(=O)O)CC(=O)NCCN1C(=O)c2ccc3c4ccc5c6c(ccc(c7ccc(c2c37)C1=O)c64)C(=O)N(CCNC(=O)CN(CCN(CC(=O)O)C(=O)O)CC(=O)O)C5=O. The molecule has 26 heteroatoms. The molecule has 0 aromatic heterocycles. The number of rotatable bonds is 24. The minimum atomic E-state index is -1.55. The van der Waals surface area contributed by atoms with E-state index in [0.29, 0.717) is 52.9 Å². The molecule has 376 valence electrons. The van der Waals surface area contributed by atoms with Crippen molar-refractivity contribution in [3.05, 3.63) is 70.8 Å². The summed E-state index contributed by atoms with van der Waals surface area (Å²) in [5, 5.41) is 64.6. The molecule has 7 rings (SSSR count). The fourth-order valence-electron chi connectivity index (χ4n) is 9.05. The number of carboxylic acid groups (broad SMARTS) is 6. The Morgan fingerprint density at radius 1 is 0.389 bits per heavy atom. The molecule has 8 amide bonds. The van der Waals surface area contributed by atoms with Crippen LogP contribution in [0.2, 0.25) is 0 Å². The Kier molecular flexibility index (Phi) is 14.8. The van der Waals surface area contributed by atoms with Crippen LogP contribution >= 0.6 is 0 Å². The Hall–Kier alpha value is -9.04. The molecule has 0 saturated heterocycles. The van der Waals surface area contributed by atoms with E-state index in [2.05, 4.69) is 10.6 Å². The maximum absolute atomic E-state index is 14.0. The molecule has 26 nitrogen and oxygen atoms in total. The van der Waals surface area contributed by atoms with Gasteiger partial charge in [-0.15, -0.1) is 0 Å². The van der Waals surface area contributed by atoms with Gasteiger partial charge in [0, 0.05) is 85.4 Å². The molecular formula is C46H44N8O18. The summed E-state index contributed by atoms with van der Waals surface area (Å²) in [5.41, 5.74) is 0.744. The average Bonchev–Trinajstić information content (AvgIpc) is 3.30. The van der Waals surface area contributed by atoms with E-state index in [1.165, 1.54) is 0 Å². The summed E-state index contributed by atoms with van der Waals surface area (Å²) in [4.78, 5) is 155. The maximum Gasteiger partial charge on any atom is 0.407 e. The zero-order valence-electron chi connectivity index (χ0n) is 37.8. The van der Waals surface area contributed by atoms with Crippen LogP contribution in [-0.4, -0.2) is 223 Å². The zero-order valence-corrected chi connectivity index (χ0v) is 37.8. The number of carbonyl (C=O) groups excluding carboxylic acids is 6. The minimum absolute atomic E-state index is 0.186. The second-order valence-corrected chi connectivity index (χ2v) is 16.8. The van der Waals surface area contributed by atoms with Crippen molar-refractivity contribution in [2.75, 3.05) is 91.6 Å². The highest BCUT2D eigenvalue weighted by Crippen LogP contribution is 2.46. The van der Waals surface area contributed by atoms with Crippen molar-refractivity contribution in [1.29, 1.82) is 0 Å². The molecule has 0 fully saturated rings. The van der Waals surface area contributed by atoms with Gasteiger partial charge in [0.25, 0.3) is 23.6 Å². The Balaban J connectivity index is 1.05. The number of nitrogens with zero attached hydrogens (tertiary/aromatic N) is 6. The number of benzene rings is 5. The molecule has 2 aliphatic rings. The molecule has 5 aromatic carbocycles. The molecule has 0 unspecified atom stereocenters. The van der Waals surface area contributed by atoms with Crippen LogP contribution in [0.5, 0.6) is 0 Å². The lowest BCUT2D eigenvalue weighted by Crippen LogP contribution is -2.47. The van der Waals surface area contributed by atoms with E-state index >= 15 is 0 Å². The van der Waals surface area contributed by atoms with E-state index in [4.69, 9.17) is 10.2 Å². The molecule has 2 aliphatic heterocycles. The van der Waals surface area contributed by atoms with E-state index in [-0.39, 0.29) is 61.5 Å². The molecule has 2 heterocycles. The second-order valence-electron chi connectivity index (χ2n) is 16.8. The highest BCUT2D eigenvalue weighted by Gasteiger charge is 2.37. The van der Waals surface area contributed by atoms with Gasteiger partial charge in [-0.05, 0) is 56.6 Å². The molecule has 0 spiro atoms. The van der Waals surface area contributed by atoms with Crippen LogP contribution in [0.4, 0.5) is 9.59 Å². The molecule has 0 radical (unpaired) electrons. The van der Waals surface area contributed by atoms with Crippen molar-refractivity contribution in [1.82, 2.24) is 40.0 Å². The van der Waals surface area contributed by atoms with Crippen molar-refractivity contribution in [2.24, 2.45) is 0 Å². The number of amides is 8. The molecule has 0 saturated carbocycles. The number of fused-ring (bicyclic) bond motifs is 2. The summed E-state index contributed by atoms with van der Waals surface area (Å²) in [5.74, 6) is -9.60. The van der Waals surface area contributed by atoms with Crippen molar-refractivity contribution in [3.8, 4) is 0 Å². The Morgan fingerprint density at radius 3 is 0.944 bits per heavy atom. The standard InChI is InChI=1S/C46H44N8O18/c55-31(17-49(19-33(57)58)13-15-51(45(69)70)21-35(61)62)47-9-11-53-41(65)27-5-1-23-24-2-6-29-40-30(8-4-26(38(24)40)25-3-7-28(42(53)66)39(27)37(23)25)44(68)54(43(29)67)12-10-48-32(56)18-50(20-34(59)60)14-16-52(46(71)72)22-36(63)64/h1-8H,9-22H2,(H,47,55)(H,48,56)(H,57,58)(H,59,60)(H,61,62)(H,63,64)(H,69,70)(H,71,72). The van der Waals surface area contributed by atoms with E-state index < -0.39 is 124 Å². The van der Waals surface area contributed by atoms with Crippen LogP contribution < -0.4 is 10.6 Å². The Labute approximate surface area is 404 Å². The average molecular weight is 997 g/mol. The summed E-state index contributed by atoms with van der Waals surface area (Å²) in [6, 6.07) is 13.0.